The summed E-state index contributed by atoms with van der Waals surface area (Å²) in [5.41, 5.74) is -0.583. The van der Waals surface area contributed by atoms with Crippen molar-refractivity contribution >= 4 is 16.2 Å². The zero-order valence-corrected chi connectivity index (χ0v) is 13.3. The van der Waals surface area contributed by atoms with Gasteiger partial charge in [-0.2, -0.15) is 8.42 Å². The van der Waals surface area contributed by atoms with E-state index < -0.39 is 27.9 Å². The van der Waals surface area contributed by atoms with E-state index in [2.05, 4.69) is 6.58 Å². The first kappa shape index (κ1) is 17.0. The molecule has 0 aromatic carbocycles. The van der Waals surface area contributed by atoms with Crippen molar-refractivity contribution in [3.63, 3.8) is 0 Å². The zero-order chi connectivity index (χ0) is 15.6. The van der Waals surface area contributed by atoms with E-state index in [4.69, 9.17) is 8.92 Å². The Balaban J connectivity index is 2.74. The van der Waals surface area contributed by atoms with Crippen LogP contribution in [0, 0.1) is 5.92 Å². The third-order valence-corrected chi connectivity index (χ3v) is 3.40. The average Bonchev–Trinajstić information content (AvgIpc) is 2.57. The largest absolute Gasteiger partial charge is 0.444 e. The van der Waals surface area contributed by atoms with Crippen molar-refractivity contribution in [3.8, 4) is 0 Å². The Kier molecular flexibility index (Phi) is 5.21. The number of rotatable bonds is 4. The monoisotopic (exact) mass is 305 g/mol. The molecular formula is C13H23NO5S. The molecule has 7 heteroatoms. The summed E-state index contributed by atoms with van der Waals surface area (Å²) >= 11 is 0. The van der Waals surface area contributed by atoms with Gasteiger partial charge in [0.05, 0.1) is 18.9 Å². The number of allylic oxidation sites excluding steroid dienone is 1. The van der Waals surface area contributed by atoms with E-state index in [-0.39, 0.29) is 12.5 Å². The lowest BCUT2D eigenvalue weighted by molar-refractivity contribution is 0.0275. The van der Waals surface area contributed by atoms with Gasteiger partial charge in [-0.15, -0.1) is 6.58 Å². The smallest absolute Gasteiger partial charge is 0.410 e. The fourth-order valence-electron chi connectivity index (χ4n) is 2.09. The molecule has 0 spiro atoms. The Morgan fingerprint density at radius 2 is 2.00 bits per heavy atom. The van der Waals surface area contributed by atoms with Crippen LogP contribution in [-0.2, 0) is 19.0 Å². The summed E-state index contributed by atoms with van der Waals surface area (Å²) in [6.07, 6.45) is 2.29. The van der Waals surface area contributed by atoms with Crippen LogP contribution in [-0.4, -0.2) is 50.5 Å². The summed E-state index contributed by atoms with van der Waals surface area (Å²) in [4.78, 5) is 13.5. The SMILES string of the molecule is C=CCC1CN(C(=O)OC(C)(C)C)CC1OS(C)(=O)=O. The third-order valence-electron chi connectivity index (χ3n) is 2.80. The number of ether oxygens (including phenoxy) is 1. The van der Waals surface area contributed by atoms with Gasteiger partial charge in [-0.05, 0) is 27.2 Å². The van der Waals surface area contributed by atoms with Gasteiger partial charge >= 0.3 is 6.09 Å². The van der Waals surface area contributed by atoms with E-state index in [1.54, 1.807) is 26.8 Å². The predicted octanol–water partition coefficient (Wildman–Crippen LogP) is 1.77. The second-order valence-electron chi connectivity index (χ2n) is 6.01. The van der Waals surface area contributed by atoms with Gasteiger partial charge in [0.15, 0.2) is 0 Å². The van der Waals surface area contributed by atoms with Crippen LogP contribution in [0.1, 0.15) is 27.2 Å². The Morgan fingerprint density at radius 3 is 2.45 bits per heavy atom. The van der Waals surface area contributed by atoms with Crippen molar-refractivity contribution in [2.75, 3.05) is 19.3 Å². The normalized spacial score (nSPS) is 23.7. The molecule has 1 aliphatic rings. The Morgan fingerprint density at radius 1 is 1.40 bits per heavy atom. The molecule has 1 rings (SSSR count). The minimum absolute atomic E-state index is 0.0882. The standard InChI is InChI=1S/C13H23NO5S/c1-6-7-10-8-14(12(15)18-13(2,3)4)9-11(10)19-20(5,16)17/h6,10-11H,1,7-9H2,2-5H3. The van der Waals surface area contributed by atoms with Crippen molar-refractivity contribution in [1.82, 2.24) is 4.90 Å². The summed E-state index contributed by atoms with van der Waals surface area (Å²) in [5.74, 6) is -0.0882. The topological polar surface area (TPSA) is 72.9 Å². The van der Waals surface area contributed by atoms with Crippen molar-refractivity contribution in [2.24, 2.45) is 5.92 Å². The molecule has 0 aromatic heterocycles. The van der Waals surface area contributed by atoms with E-state index in [1.165, 1.54) is 4.90 Å². The average molecular weight is 305 g/mol. The van der Waals surface area contributed by atoms with Crippen LogP contribution in [0.25, 0.3) is 0 Å². The molecule has 1 heterocycles. The van der Waals surface area contributed by atoms with Gasteiger partial charge in [-0.3, -0.25) is 4.18 Å². The molecule has 2 atom stereocenters. The van der Waals surface area contributed by atoms with Crippen LogP contribution in [0.4, 0.5) is 4.79 Å². The highest BCUT2D eigenvalue weighted by Crippen LogP contribution is 2.26. The molecule has 6 nitrogen and oxygen atoms in total. The zero-order valence-electron chi connectivity index (χ0n) is 12.5. The quantitative estimate of drug-likeness (QED) is 0.584. The number of hydrogen-bond acceptors (Lipinski definition) is 5. The molecule has 1 saturated heterocycles. The molecule has 0 saturated carbocycles. The number of hydrogen-bond donors (Lipinski definition) is 0. The maximum Gasteiger partial charge on any atom is 0.410 e. The summed E-state index contributed by atoms with van der Waals surface area (Å²) in [5, 5.41) is 0. The molecule has 1 amide bonds. The van der Waals surface area contributed by atoms with Gasteiger partial charge in [0.2, 0.25) is 0 Å². The Bertz CT molecular complexity index is 466. The van der Waals surface area contributed by atoms with Gasteiger partial charge in [0.25, 0.3) is 10.1 Å². The lowest BCUT2D eigenvalue weighted by Gasteiger charge is -2.24. The van der Waals surface area contributed by atoms with Crippen molar-refractivity contribution < 1.29 is 22.1 Å². The number of carbonyl (C=O) groups excluding carboxylic acids is 1. The lowest BCUT2D eigenvalue weighted by atomic mass is 10.0. The minimum Gasteiger partial charge on any atom is -0.444 e. The maximum absolute atomic E-state index is 12.0. The summed E-state index contributed by atoms with van der Waals surface area (Å²) < 4.78 is 32.9. The number of carbonyl (C=O) groups is 1. The Labute approximate surface area is 120 Å². The second-order valence-corrected chi connectivity index (χ2v) is 7.61. The summed E-state index contributed by atoms with van der Waals surface area (Å²) in [7, 11) is -3.56. The van der Waals surface area contributed by atoms with Gasteiger partial charge in [-0.1, -0.05) is 6.08 Å². The lowest BCUT2D eigenvalue weighted by Crippen LogP contribution is -2.36. The number of likely N-dealkylation sites (tertiary alicyclic amines) is 1. The molecule has 1 aliphatic heterocycles. The van der Waals surface area contributed by atoms with Gasteiger partial charge in [0, 0.05) is 12.5 Å². The van der Waals surface area contributed by atoms with Crippen LogP contribution < -0.4 is 0 Å². The highest BCUT2D eigenvalue weighted by atomic mass is 32.2. The summed E-state index contributed by atoms with van der Waals surface area (Å²) in [6, 6.07) is 0. The number of amides is 1. The van der Waals surface area contributed by atoms with Crippen LogP contribution in [0.15, 0.2) is 12.7 Å². The van der Waals surface area contributed by atoms with Crippen molar-refractivity contribution in [1.29, 1.82) is 0 Å². The van der Waals surface area contributed by atoms with Crippen molar-refractivity contribution in [3.05, 3.63) is 12.7 Å². The van der Waals surface area contributed by atoms with Crippen LogP contribution in [0.5, 0.6) is 0 Å². The van der Waals surface area contributed by atoms with Gasteiger partial charge in [-0.25, -0.2) is 4.79 Å². The van der Waals surface area contributed by atoms with Crippen molar-refractivity contribution in [2.45, 2.75) is 38.9 Å². The molecule has 0 radical (unpaired) electrons. The van der Waals surface area contributed by atoms with Gasteiger partial charge in [0.1, 0.15) is 5.60 Å². The molecule has 0 bridgehead atoms. The van der Waals surface area contributed by atoms with E-state index in [9.17, 15) is 13.2 Å². The van der Waals surface area contributed by atoms with E-state index in [0.717, 1.165) is 6.26 Å². The van der Waals surface area contributed by atoms with Crippen LogP contribution in [0.3, 0.4) is 0 Å². The molecular weight excluding hydrogens is 282 g/mol. The second kappa shape index (κ2) is 6.13. The predicted molar refractivity (Wildman–Crippen MR) is 75.8 cm³/mol. The highest BCUT2D eigenvalue weighted by Gasteiger charge is 2.38. The van der Waals surface area contributed by atoms with Gasteiger partial charge < -0.3 is 9.64 Å². The minimum atomic E-state index is -3.56. The van der Waals surface area contributed by atoms with E-state index >= 15 is 0 Å². The molecule has 0 aliphatic carbocycles. The maximum atomic E-state index is 12.0. The molecule has 0 aromatic rings. The first-order chi connectivity index (χ1) is 9.02. The first-order valence-corrected chi connectivity index (χ1v) is 8.30. The number of nitrogens with zero attached hydrogens (tertiary/aromatic N) is 1. The fourth-order valence-corrected chi connectivity index (χ4v) is 2.76. The first-order valence-electron chi connectivity index (χ1n) is 6.49. The fraction of sp³-hybridized carbons (Fsp3) is 0.769. The van der Waals surface area contributed by atoms with E-state index in [1.807, 2.05) is 0 Å². The molecule has 116 valence electrons. The van der Waals surface area contributed by atoms with E-state index in [0.29, 0.717) is 13.0 Å². The molecule has 0 N–H and O–H groups in total. The Hall–Kier alpha value is -1.08. The third kappa shape index (κ3) is 5.50. The molecule has 1 fully saturated rings. The van der Waals surface area contributed by atoms with Crippen LogP contribution >= 0.6 is 0 Å². The molecule has 2 unspecified atom stereocenters. The summed E-state index contributed by atoms with van der Waals surface area (Å²) in [6.45, 7) is 9.61. The van der Waals surface area contributed by atoms with Crippen LogP contribution in [0.2, 0.25) is 0 Å². The highest BCUT2D eigenvalue weighted by molar-refractivity contribution is 7.86. The molecule has 20 heavy (non-hydrogen) atoms.